The van der Waals surface area contributed by atoms with Gasteiger partial charge in [-0.15, -0.1) is 0 Å². The molecule has 0 aliphatic carbocycles. The lowest BCUT2D eigenvalue weighted by Gasteiger charge is -2.06. The number of aromatic nitrogens is 2. The van der Waals surface area contributed by atoms with Crippen molar-refractivity contribution in [3.8, 4) is 22.8 Å². The van der Waals surface area contributed by atoms with Gasteiger partial charge in [-0.1, -0.05) is 0 Å². The minimum Gasteiger partial charge on any atom is -0.504 e. The molecule has 0 atom stereocenters. The van der Waals surface area contributed by atoms with Gasteiger partial charge >= 0.3 is 5.97 Å². The number of carbonyl (C=O) groups is 1. The first kappa shape index (κ1) is 11.9. The average Bonchev–Trinajstić information content (AvgIpc) is 2.78. The van der Waals surface area contributed by atoms with Crippen LogP contribution in [0.5, 0.6) is 11.5 Å². The Kier molecular flexibility index (Phi) is 2.88. The van der Waals surface area contributed by atoms with Gasteiger partial charge in [-0.05, 0) is 12.1 Å². The maximum atomic E-state index is 13.6. The number of aromatic amines is 1. The summed E-state index contributed by atoms with van der Waals surface area (Å²) in [5.74, 6) is -2.18. The molecular weight excluding hydrogens is 243 g/mol. The van der Waals surface area contributed by atoms with E-state index in [1.54, 1.807) is 0 Å². The third-order valence-electron chi connectivity index (χ3n) is 2.35. The van der Waals surface area contributed by atoms with Crippen molar-refractivity contribution in [3.63, 3.8) is 0 Å². The average molecular weight is 252 g/mol. The Bertz CT molecular complexity index is 609. The van der Waals surface area contributed by atoms with Gasteiger partial charge in [0.25, 0.3) is 0 Å². The molecule has 1 aromatic heterocycles. The summed E-state index contributed by atoms with van der Waals surface area (Å²) in [4.78, 5) is 10.7. The third kappa shape index (κ3) is 1.97. The molecule has 1 heterocycles. The number of H-pyrrole nitrogens is 1. The normalized spacial score (nSPS) is 10.3. The van der Waals surface area contributed by atoms with Crippen LogP contribution in [0.25, 0.3) is 11.3 Å². The minimum absolute atomic E-state index is 0.0356. The van der Waals surface area contributed by atoms with Crippen molar-refractivity contribution in [1.29, 1.82) is 0 Å². The van der Waals surface area contributed by atoms with E-state index in [1.807, 2.05) is 0 Å². The molecular formula is C11H9FN2O4. The first-order chi connectivity index (χ1) is 8.52. The van der Waals surface area contributed by atoms with Crippen LogP contribution in [-0.2, 0) is 0 Å². The van der Waals surface area contributed by atoms with E-state index in [1.165, 1.54) is 19.2 Å². The van der Waals surface area contributed by atoms with Gasteiger partial charge in [0.15, 0.2) is 11.5 Å². The Labute approximate surface area is 101 Å². The monoisotopic (exact) mass is 252 g/mol. The summed E-state index contributed by atoms with van der Waals surface area (Å²) < 4.78 is 18.5. The van der Waals surface area contributed by atoms with Gasteiger partial charge in [0, 0.05) is 11.6 Å². The van der Waals surface area contributed by atoms with Crippen LogP contribution in [0, 0.1) is 5.82 Å². The van der Waals surface area contributed by atoms with Gasteiger partial charge < -0.3 is 14.9 Å². The second kappa shape index (κ2) is 4.36. The topological polar surface area (TPSA) is 95.4 Å². The van der Waals surface area contributed by atoms with Crippen molar-refractivity contribution in [2.75, 3.05) is 7.11 Å². The van der Waals surface area contributed by atoms with E-state index >= 15 is 0 Å². The number of hydrogen-bond donors (Lipinski definition) is 3. The molecule has 0 saturated carbocycles. The standard InChI is InChI=1S/C11H9FN2O4/c1-18-10-2-5(6(12)3-9(10)15)7-4-8(11(16)17)14-13-7/h2-4,15H,1H3,(H,13,14)(H,16,17). The SMILES string of the molecule is COc1cc(-c2cc(C(=O)O)[nH]n2)c(F)cc1O. The van der Waals surface area contributed by atoms with Gasteiger partial charge in [-0.3, -0.25) is 5.10 Å². The first-order valence-electron chi connectivity index (χ1n) is 4.88. The lowest BCUT2D eigenvalue weighted by molar-refractivity contribution is 0.0690. The summed E-state index contributed by atoms with van der Waals surface area (Å²) >= 11 is 0. The number of aromatic hydroxyl groups is 1. The number of nitrogens with one attached hydrogen (secondary N) is 1. The molecule has 0 aliphatic rings. The molecule has 0 aliphatic heterocycles. The Balaban J connectivity index is 2.52. The number of halogens is 1. The summed E-state index contributed by atoms with van der Waals surface area (Å²) in [5.41, 5.74) is -0.00644. The van der Waals surface area contributed by atoms with E-state index in [0.29, 0.717) is 0 Å². The molecule has 18 heavy (non-hydrogen) atoms. The van der Waals surface area contributed by atoms with Crippen molar-refractivity contribution in [2.24, 2.45) is 0 Å². The highest BCUT2D eigenvalue weighted by Gasteiger charge is 2.15. The van der Waals surface area contributed by atoms with Crippen molar-refractivity contribution in [3.05, 3.63) is 29.7 Å². The molecule has 0 amide bonds. The zero-order chi connectivity index (χ0) is 13.3. The Morgan fingerprint density at radius 2 is 2.17 bits per heavy atom. The van der Waals surface area contributed by atoms with Gasteiger partial charge in [0.2, 0.25) is 0 Å². The predicted molar refractivity (Wildman–Crippen MR) is 59.2 cm³/mol. The molecule has 6 nitrogen and oxygen atoms in total. The molecule has 0 spiro atoms. The number of ether oxygens (including phenoxy) is 1. The Hall–Kier alpha value is -2.57. The summed E-state index contributed by atoms with van der Waals surface area (Å²) in [5, 5.41) is 24.1. The fraction of sp³-hybridized carbons (Fsp3) is 0.0909. The molecule has 0 unspecified atom stereocenters. The molecule has 0 radical (unpaired) electrons. The largest absolute Gasteiger partial charge is 0.504 e. The number of benzene rings is 1. The van der Waals surface area contributed by atoms with Gasteiger partial charge in [0.1, 0.15) is 11.5 Å². The zero-order valence-electron chi connectivity index (χ0n) is 9.27. The van der Waals surface area contributed by atoms with Gasteiger partial charge in [-0.25, -0.2) is 9.18 Å². The summed E-state index contributed by atoms with van der Waals surface area (Å²) in [6.07, 6.45) is 0. The minimum atomic E-state index is -1.19. The smallest absolute Gasteiger partial charge is 0.353 e. The van der Waals surface area contributed by atoms with E-state index in [9.17, 15) is 14.3 Å². The second-order valence-electron chi connectivity index (χ2n) is 3.48. The molecule has 2 aromatic rings. The molecule has 0 fully saturated rings. The van der Waals surface area contributed by atoms with Crippen LogP contribution in [0.15, 0.2) is 18.2 Å². The maximum absolute atomic E-state index is 13.6. The summed E-state index contributed by atoms with van der Waals surface area (Å²) in [6.45, 7) is 0. The number of phenolic OH excluding ortho intramolecular Hbond substituents is 1. The fourth-order valence-electron chi connectivity index (χ4n) is 1.47. The highest BCUT2D eigenvalue weighted by Crippen LogP contribution is 2.33. The molecule has 2 rings (SSSR count). The molecule has 3 N–H and O–H groups in total. The number of carboxylic acid groups (broad SMARTS) is 1. The van der Waals surface area contributed by atoms with Crippen LogP contribution in [0.1, 0.15) is 10.5 Å². The van der Waals surface area contributed by atoms with Crippen LogP contribution in [-0.4, -0.2) is 33.5 Å². The van der Waals surface area contributed by atoms with E-state index in [4.69, 9.17) is 9.84 Å². The molecule has 7 heteroatoms. The molecule has 0 saturated heterocycles. The fourth-order valence-corrected chi connectivity index (χ4v) is 1.47. The first-order valence-corrected chi connectivity index (χ1v) is 4.88. The second-order valence-corrected chi connectivity index (χ2v) is 3.48. The highest BCUT2D eigenvalue weighted by atomic mass is 19.1. The highest BCUT2D eigenvalue weighted by molar-refractivity contribution is 5.87. The molecule has 0 bridgehead atoms. The van der Waals surface area contributed by atoms with Crippen LogP contribution in [0.3, 0.4) is 0 Å². The molecule has 94 valence electrons. The van der Waals surface area contributed by atoms with Gasteiger partial charge in [0.05, 0.1) is 12.8 Å². The Morgan fingerprint density at radius 3 is 2.72 bits per heavy atom. The van der Waals surface area contributed by atoms with E-state index in [2.05, 4.69) is 10.2 Å². The number of rotatable bonds is 3. The number of nitrogens with zero attached hydrogens (tertiary/aromatic N) is 1. The van der Waals surface area contributed by atoms with Crippen LogP contribution >= 0.6 is 0 Å². The number of phenols is 1. The van der Waals surface area contributed by atoms with Crippen LogP contribution < -0.4 is 4.74 Å². The van der Waals surface area contributed by atoms with Crippen molar-refractivity contribution >= 4 is 5.97 Å². The Morgan fingerprint density at radius 1 is 1.44 bits per heavy atom. The maximum Gasteiger partial charge on any atom is 0.353 e. The van der Waals surface area contributed by atoms with E-state index in [-0.39, 0.29) is 28.5 Å². The zero-order valence-corrected chi connectivity index (χ0v) is 9.27. The number of hydrogen-bond acceptors (Lipinski definition) is 4. The number of aromatic carboxylic acids is 1. The van der Waals surface area contributed by atoms with Gasteiger partial charge in [-0.2, -0.15) is 5.10 Å². The number of carboxylic acids is 1. The van der Waals surface area contributed by atoms with Crippen molar-refractivity contribution < 1.29 is 24.1 Å². The van der Waals surface area contributed by atoms with Crippen molar-refractivity contribution in [2.45, 2.75) is 0 Å². The van der Waals surface area contributed by atoms with Crippen LogP contribution in [0.2, 0.25) is 0 Å². The van der Waals surface area contributed by atoms with E-state index < -0.39 is 11.8 Å². The summed E-state index contributed by atoms with van der Waals surface area (Å²) in [6, 6.07) is 3.31. The van der Waals surface area contributed by atoms with Crippen molar-refractivity contribution in [1.82, 2.24) is 10.2 Å². The van der Waals surface area contributed by atoms with Crippen LogP contribution in [0.4, 0.5) is 4.39 Å². The number of methoxy groups -OCH3 is 1. The third-order valence-corrected chi connectivity index (χ3v) is 2.35. The van der Waals surface area contributed by atoms with E-state index in [0.717, 1.165) is 6.07 Å². The quantitative estimate of drug-likeness (QED) is 0.771. The lowest BCUT2D eigenvalue weighted by atomic mass is 10.1. The predicted octanol–water partition coefficient (Wildman–Crippen LogP) is 1.63. The lowest BCUT2D eigenvalue weighted by Crippen LogP contribution is -1.95. The summed E-state index contributed by atoms with van der Waals surface area (Å²) in [7, 11) is 1.32. The molecule has 1 aromatic carbocycles.